The van der Waals surface area contributed by atoms with E-state index in [2.05, 4.69) is 21.2 Å². The van der Waals surface area contributed by atoms with Crippen LogP contribution in [0.15, 0.2) is 22.7 Å². The number of aliphatic hydroxyl groups excluding tert-OH is 1. The summed E-state index contributed by atoms with van der Waals surface area (Å²) in [5.41, 5.74) is 0.811. The van der Waals surface area contributed by atoms with E-state index >= 15 is 0 Å². The maximum atomic E-state index is 13.1. The molecule has 0 radical (unpaired) electrons. The van der Waals surface area contributed by atoms with E-state index in [1.165, 1.54) is 12.1 Å². The second kappa shape index (κ2) is 9.41. The summed E-state index contributed by atoms with van der Waals surface area (Å²) >= 11 is 3.36. The molecule has 0 aliphatic rings. The van der Waals surface area contributed by atoms with Gasteiger partial charge in [-0.3, -0.25) is 0 Å². The predicted molar refractivity (Wildman–Crippen MR) is 79.1 cm³/mol. The molecule has 2 atom stereocenters. The fraction of sp³-hybridized carbons (Fsp3) is 0.571. The van der Waals surface area contributed by atoms with Crippen molar-refractivity contribution in [3.8, 4) is 0 Å². The summed E-state index contributed by atoms with van der Waals surface area (Å²) in [4.78, 5) is 0. The van der Waals surface area contributed by atoms with Crippen LogP contribution in [-0.4, -0.2) is 44.2 Å². The Bertz CT molecular complexity index is 406. The zero-order chi connectivity index (χ0) is 15.0. The maximum absolute atomic E-state index is 13.1. The summed E-state index contributed by atoms with van der Waals surface area (Å²) in [5, 5.41) is 12.8. The van der Waals surface area contributed by atoms with Crippen LogP contribution < -0.4 is 5.32 Å². The van der Waals surface area contributed by atoms with E-state index in [0.29, 0.717) is 19.7 Å². The number of nitrogens with one attached hydrogen (secondary N) is 1. The van der Waals surface area contributed by atoms with Gasteiger partial charge in [-0.1, -0.05) is 15.9 Å². The monoisotopic (exact) mass is 349 g/mol. The zero-order valence-corrected chi connectivity index (χ0v) is 13.3. The van der Waals surface area contributed by atoms with Crippen LogP contribution in [0.1, 0.15) is 12.5 Å². The quantitative estimate of drug-likeness (QED) is 0.716. The molecule has 0 spiro atoms. The zero-order valence-electron chi connectivity index (χ0n) is 11.7. The van der Waals surface area contributed by atoms with Crippen molar-refractivity contribution in [2.24, 2.45) is 0 Å². The number of hydrogen-bond donors (Lipinski definition) is 2. The van der Waals surface area contributed by atoms with E-state index in [1.54, 1.807) is 13.2 Å². The molecular formula is C14H21BrFNO3. The molecule has 0 bridgehead atoms. The lowest BCUT2D eigenvalue weighted by Crippen LogP contribution is -2.32. The first-order valence-corrected chi connectivity index (χ1v) is 7.25. The average molecular weight is 350 g/mol. The van der Waals surface area contributed by atoms with E-state index in [9.17, 15) is 9.50 Å². The second-order valence-electron chi connectivity index (χ2n) is 4.62. The topological polar surface area (TPSA) is 50.7 Å². The van der Waals surface area contributed by atoms with E-state index in [0.717, 1.165) is 10.0 Å². The number of halogens is 2. The first-order valence-electron chi connectivity index (χ1n) is 6.46. The van der Waals surface area contributed by atoms with Crippen molar-refractivity contribution in [1.29, 1.82) is 0 Å². The van der Waals surface area contributed by atoms with Crippen molar-refractivity contribution >= 4 is 15.9 Å². The highest BCUT2D eigenvalue weighted by Gasteiger charge is 2.08. The molecule has 1 aromatic carbocycles. The second-order valence-corrected chi connectivity index (χ2v) is 5.47. The molecule has 0 saturated carbocycles. The van der Waals surface area contributed by atoms with Crippen LogP contribution in [0.2, 0.25) is 0 Å². The van der Waals surface area contributed by atoms with Crippen LogP contribution in [0.3, 0.4) is 0 Å². The molecule has 0 aromatic heterocycles. The van der Waals surface area contributed by atoms with Gasteiger partial charge < -0.3 is 19.9 Å². The summed E-state index contributed by atoms with van der Waals surface area (Å²) in [6.07, 6.45) is -0.659. The number of ether oxygens (including phenoxy) is 2. The summed E-state index contributed by atoms with van der Waals surface area (Å²) in [7, 11) is 1.61. The molecule has 2 N–H and O–H groups in total. The number of benzene rings is 1. The average Bonchev–Trinajstić information content (AvgIpc) is 2.41. The molecule has 0 saturated heterocycles. The lowest BCUT2D eigenvalue weighted by Gasteiger charge is -2.16. The molecule has 0 heterocycles. The minimum absolute atomic E-state index is 0.0491. The van der Waals surface area contributed by atoms with Gasteiger partial charge in [-0.15, -0.1) is 0 Å². The third-order valence-electron chi connectivity index (χ3n) is 2.68. The van der Waals surface area contributed by atoms with Gasteiger partial charge in [0.1, 0.15) is 5.82 Å². The highest BCUT2D eigenvalue weighted by Crippen LogP contribution is 2.17. The smallest absolute Gasteiger partial charge is 0.123 e. The van der Waals surface area contributed by atoms with E-state index < -0.39 is 6.10 Å². The molecule has 0 aliphatic heterocycles. The minimum Gasteiger partial charge on any atom is -0.389 e. The Labute approximate surface area is 127 Å². The predicted octanol–water partition coefficient (Wildman–Crippen LogP) is 2.09. The number of hydrogen-bond acceptors (Lipinski definition) is 4. The summed E-state index contributed by atoms with van der Waals surface area (Å²) in [6, 6.07) is 4.52. The number of aliphatic hydroxyl groups is 1. The van der Waals surface area contributed by atoms with Gasteiger partial charge in [0.15, 0.2) is 0 Å². The lowest BCUT2D eigenvalue weighted by molar-refractivity contribution is -0.0311. The molecule has 2 unspecified atom stereocenters. The van der Waals surface area contributed by atoms with Crippen molar-refractivity contribution in [3.05, 3.63) is 34.1 Å². The highest BCUT2D eigenvalue weighted by atomic mass is 79.9. The van der Waals surface area contributed by atoms with Crippen molar-refractivity contribution in [1.82, 2.24) is 5.32 Å². The standard InChI is InChI=1S/C14H21BrFNO3/c1-10(8-19-2)20-9-13(18)7-17-6-11-5-12(16)3-4-14(11)15/h3-5,10,13,17-18H,6-9H2,1-2H3. The Morgan fingerprint density at radius 3 is 2.85 bits per heavy atom. The summed E-state index contributed by atoms with van der Waals surface area (Å²) in [6.45, 7) is 3.47. The van der Waals surface area contributed by atoms with E-state index in [-0.39, 0.29) is 18.5 Å². The van der Waals surface area contributed by atoms with Crippen LogP contribution in [0.25, 0.3) is 0 Å². The molecule has 1 aromatic rings. The molecule has 0 amide bonds. The summed E-state index contributed by atoms with van der Waals surface area (Å²) < 4.78 is 24.3. The van der Waals surface area contributed by atoms with Crippen LogP contribution in [0, 0.1) is 5.82 Å². The fourth-order valence-corrected chi connectivity index (χ4v) is 2.06. The molecule has 1 rings (SSSR count). The third-order valence-corrected chi connectivity index (χ3v) is 3.45. The van der Waals surface area contributed by atoms with Crippen molar-refractivity contribution in [3.63, 3.8) is 0 Å². The van der Waals surface area contributed by atoms with Crippen LogP contribution >= 0.6 is 15.9 Å². The van der Waals surface area contributed by atoms with Crippen LogP contribution in [0.4, 0.5) is 4.39 Å². The molecule has 0 aliphatic carbocycles. The van der Waals surface area contributed by atoms with Crippen molar-refractivity contribution < 1.29 is 19.0 Å². The Balaban J connectivity index is 2.24. The molecule has 114 valence electrons. The van der Waals surface area contributed by atoms with E-state index in [4.69, 9.17) is 9.47 Å². The Morgan fingerprint density at radius 2 is 2.15 bits per heavy atom. The van der Waals surface area contributed by atoms with Gasteiger partial charge in [-0.05, 0) is 30.7 Å². The fourth-order valence-electron chi connectivity index (χ4n) is 1.67. The lowest BCUT2D eigenvalue weighted by atomic mass is 10.2. The van der Waals surface area contributed by atoms with Crippen molar-refractivity contribution in [2.45, 2.75) is 25.7 Å². The highest BCUT2D eigenvalue weighted by molar-refractivity contribution is 9.10. The first kappa shape index (κ1) is 17.5. The first-order chi connectivity index (χ1) is 9.52. The van der Waals surface area contributed by atoms with Gasteiger partial charge in [0.2, 0.25) is 0 Å². The van der Waals surface area contributed by atoms with Gasteiger partial charge in [0.05, 0.1) is 25.4 Å². The minimum atomic E-state index is -0.610. The van der Waals surface area contributed by atoms with Gasteiger partial charge in [-0.2, -0.15) is 0 Å². The van der Waals surface area contributed by atoms with Gasteiger partial charge in [-0.25, -0.2) is 4.39 Å². The van der Waals surface area contributed by atoms with Crippen LogP contribution in [-0.2, 0) is 16.0 Å². The Morgan fingerprint density at radius 1 is 1.40 bits per heavy atom. The van der Waals surface area contributed by atoms with Gasteiger partial charge >= 0.3 is 0 Å². The molecule has 4 nitrogen and oxygen atoms in total. The molecular weight excluding hydrogens is 329 g/mol. The number of rotatable bonds is 9. The van der Waals surface area contributed by atoms with Gasteiger partial charge in [0.25, 0.3) is 0 Å². The normalized spacial score (nSPS) is 14.2. The Kier molecular flexibility index (Phi) is 8.25. The largest absolute Gasteiger partial charge is 0.389 e. The SMILES string of the molecule is COCC(C)OCC(O)CNCc1cc(F)ccc1Br. The van der Waals surface area contributed by atoms with Crippen LogP contribution in [0.5, 0.6) is 0 Å². The van der Waals surface area contributed by atoms with Gasteiger partial charge in [0, 0.05) is 24.7 Å². The molecule has 0 fully saturated rings. The maximum Gasteiger partial charge on any atom is 0.123 e. The Hall–Kier alpha value is -0.530. The van der Waals surface area contributed by atoms with E-state index in [1.807, 2.05) is 6.92 Å². The molecule has 20 heavy (non-hydrogen) atoms. The number of methoxy groups -OCH3 is 1. The molecule has 6 heteroatoms. The third kappa shape index (κ3) is 6.76. The van der Waals surface area contributed by atoms with Crippen molar-refractivity contribution in [2.75, 3.05) is 26.9 Å². The summed E-state index contributed by atoms with van der Waals surface area (Å²) in [5.74, 6) is -0.276.